The smallest absolute Gasteiger partial charge is 0.263 e. The summed E-state index contributed by atoms with van der Waals surface area (Å²) in [4.78, 5) is 13.7. The van der Waals surface area contributed by atoms with Crippen LogP contribution in [0, 0.1) is 6.92 Å². The molecule has 2 aromatic carbocycles. The number of hydrogen-bond acceptors (Lipinski definition) is 2. The van der Waals surface area contributed by atoms with Gasteiger partial charge in [-0.2, -0.15) is 0 Å². The SMILES string of the molecule is Cc1ccc(-c2csc(C(=O)NCCc3ccccc3)c2-n2cccc2)cc1. The predicted octanol–water partition coefficient (Wildman–Crippen LogP) is 5.49. The van der Waals surface area contributed by atoms with E-state index in [-0.39, 0.29) is 5.91 Å². The van der Waals surface area contributed by atoms with Gasteiger partial charge in [-0.1, -0.05) is 60.2 Å². The van der Waals surface area contributed by atoms with Gasteiger partial charge >= 0.3 is 0 Å². The van der Waals surface area contributed by atoms with Crippen LogP contribution in [0.5, 0.6) is 0 Å². The molecule has 0 fully saturated rings. The Kier molecular flexibility index (Phi) is 5.40. The van der Waals surface area contributed by atoms with Crippen LogP contribution in [-0.2, 0) is 6.42 Å². The van der Waals surface area contributed by atoms with Crippen molar-refractivity contribution >= 4 is 17.2 Å². The van der Waals surface area contributed by atoms with Crippen LogP contribution in [0.25, 0.3) is 16.8 Å². The zero-order valence-electron chi connectivity index (χ0n) is 15.8. The number of carbonyl (C=O) groups is 1. The summed E-state index contributed by atoms with van der Waals surface area (Å²) in [6.45, 7) is 2.70. The Morgan fingerprint density at radius 1 is 0.964 bits per heavy atom. The summed E-state index contributed by atoms with van der Waals surface area (Å²) in [6, 6.07) is 22.6. The molecule has 0 bridgehead atoms. The van der Waals surface area contributed by atoms with Crippen LogP contribution < -0.4 is 5.32 Å². The highest BCUT2D eigenvalue weighted by atomic mass is 32.1. The molecule has 0 spiro atoms. The molecule has 0 atom stereocenters. The number of nitrogens with zero attached hydrogens (tertiary/aromatic N) is 1. The van der Waals surface area contributed by atoms with E-state index in [0.29, 0.717) is 6.54 Å². The summed E-state index contributed by atoms with van der Waals surface area (Å²) in [7, 11) is 0. The van der Waals surface area contributed by atoms with Crippen LogP contribution in [0.4, 0.5) is 0 Å². The highest BCUT2D eigenvalue weighted by Crippen LogP contribution is 2.35. The highest BCUT2D eigenvalue weighted by molar-refractivity contribution is 7.13. The van der Waals surface area contributed by atoms with Crippen LogP contribution in [0.2, 0.25) is 0 Å². The lowest BCUT2D eigenvalue weighted by Gasteiger charge is -2.10. The fourth-order valence-electron chi connectivity index (χ4n) is 3.24. The third-order valence-corrected chi connectivity index (χ3v) is 5.71. The second kappa shape index (κ2) is 8.28. The molecule has 4 heteroatoms. The number of amides is 1. The maximum atomic E-state index is 12.9. The first-order valence-corrected chi connectivity index (χ1v) is 10.2. The Morgan fingerprint density at radius 2 is 1.68 bits per heavy atom. The van der Waals surface area contributed by atoms with E-state index >= 15 is 0 Å². The van der Waals surface area contributed by atoms with E-state index in [4.69, 9.17) is 0 Å². The fraction of sp³-hybridized carbons (Fsp3) is 0.125. The molecule has 0 aliphatic carbocycles. The minimum absolute atomic E-state index is 0.0250. The van der Waals surface area contributed by atoms with Gasteiger partial charge in [-0.15, -0.1) is 11.3 Å². The van der Waals surface area contributed by atoms with Gasteiger partial charge in [-0.25, -0.2) is 0 Å². The molecular formula is C24H22N2OS. The summed E-state index contributed by atoms with van der Waals surface area (Å²) in [6.07, 6.45) is 4.79. The molecule has 0 aliphatic heterocycles. The summed E-state index contributed by atoms with van der Waals surface area (Å²) >= 11 is 1.49. The average Bonchev–Trinajstić information content (AvgIpc) is 3.39. The summed E-state index contributed by atoms with van der Waals surface area (Å²) in [5.74, 6) is -0.0250. The van der Waals surface area contributed by atoms with E-state index in [1.54, 1.807) is 0 Å². The molecule has 140 valence electrons. The molecule has 0 unspecified atom stereocenters. The number of thiophene rings is 1. The molecule has 0 aliphatic rings. The summed E-state index contributed by atoms with van der Waals surface area (Å²) in [5.41, 5.74) is 5.58. The molecule has 28 heavy (non-hydrogen) atoms. The van der Waals surface area contributed by atoms with E-state index < -0.39 is 0 Å². The Morgan fingerprint density at radius 3 is 2.39 bits per heavy atom. The standard InChI is InChI=1S/C24H22N2OS/c1-18-9-11-20(12-10-18)21-17-28-23(22(21)26-15-5-6-16-26)24(27)25-14-13-19-7-3-2-4-8-19/h2-12,15-17H,13-14H2,1H3,(H,25,27). The number of aromatic nitrogens is 1. The summed E-state index contributed by atoms with van der Waals surface area (Å²) < 4.78 is 2.03. The number of carbonyl (C=O) groups excluding carboxylic acids is 1. The molecule has 1 N–H and O–H groups in total. The van der Waals surface area contributed by atoms with E-state index in [1.165, 1.54) is 22.5 Å². The maximum absolute atomic E-state index is 12.9. The Balaban J connectivity index is 1.60. The molecule has 3 nitrogen and oxygen atoms in total. The minimum Gasteiger partial charge on any atom is -0.351 e. The first kappa shape index (κ1) is 18.3. The Bertz CT molecular complexity index is 1050. The second-order valence-corrected chi connectivity index (χ2v) is 7.65. The van der Waals surface area contributed by atoms with Crippen molar-refractivity contribution < 1.29 is 4.79 Å². The third kappa shape index (κ3) is 3.92. The molecule has 2 heterocycles. The number of benzene rings is 2. The van der Waals surface area contributed by atoms with Crippen molar-refractivity contribution in [2.75, 3.05) is 6.54 Å². The maximum Gasteiger partial charge on any atom is 0.263 e. The molecule has 4 rings (SSSR count). The van der Waals surface area contributed by atoms with Crippen molar-refractivity contribution in [2.45, 2.75) is 13.3 Å². The van der Waals surface area contributed by atoms with Gasteiger partial charge < -0.3 is 9.88 Å². The van der Waals surface area contributed by atoms with Crippen molar-refractivity contribution in [3.05, 3.63) is 101 Å². The largest absolute Gasteiger partial charge is 0.351 e. The first-order chi connectivity index (χ1) is 13.7. The topological polar surface area (TPSA) is 34.0 Å². The van der Waals surface area contributed by atoms with Crippen LogP contribution in [0.3, 0.4) is 0 Å². The molecule has 2 aromatic heterocycles. The normalized spacial score (nSPS) is 10.8. The van der Waals surface area contributed by atoms with Crippen molar-refractivity contribution in [1.29, 1.82) is 0 Å². The molecular weight excluding hydrogens is 364 g/mol. The Labute approximate surface area is 169 Å². The third-order valence-electron chi connectivity index (χ3n) is 4.74. The van der Waals surface area contributed by atoms with Gasteiger partial charge in [-0.3, -0.25) is 4.79 Å². The minimum atomic E-state index is -0.0250. The van der Waals surface area contributed by atoms with Gasteiger partial charge in [0.15, 0.2) is 0 Å². The van der Waals surface area contributed by atoms with E-state index in [1.807, 2.05) is 47.3 Å². The van der Waals surface area contributed by atoms with Gasteiger partial charge in [0.2, 0.25) is 0 Å². The van der Waals surface area contributed by atoms with Crippen molar-refractivity contribution in [3.8, 4) is 16.8 Å². The summed E-state index contributed by atoms with van der Waals surface area (Å²) in [5, 5.41) is 5.16. The molecule has 4 aromatic rings. The number of aryl methyl sites for hydroxylation is 1. The van der Waals surface area contributed by atoms with Crippen LogP contribution in [0.1, 0.15) is 20.8 Å². The zero-order valence-corrected chi connectivity index (χ0v) is 16.6. The highest BCUT2D eigenvalue weighted by Gasteiger charge is 2.20. The van der Waals surface area contributed by atoms with Crippen LogP contribution in [-0.4, -0.2) is 17.0 Å². The quantitative estimate of drug-likeness (QED) is 0.467. The lowest BCUT2D eigenvalue weighted by atomic mass is 10.0. The number of hydrogen-bond donors (Lipinski definition) is 1. The number of nitrogens with one attached hydrogen (secondary N) is 1. The predicted molar refractivity (Wildman–Crippen MR) is 116 cm³/mol. The van der Waals surface area contributed by atoms with Crippen molar-refractivity contribution in [1.82, 2.24) is 9.88 Å². The molecule has 0 radical (unpaired) electrons. The van der Waals surface area contributed by atoms with Gasteiger partial charge in [-0.05, 0) is 36.6 Å². The Hall–Kier alpha value is -3.11. The molecule has 0 saturated carbocycles. The monoisotopic (exact) mass is 386 g/mol. The van der Waals surface area contributed by atoms with Gasteiger partial charge in [0.1, 0.15) is 4.88 Å². The lowest BCUT2D eigenvalue weighted by Crippen LogP contribution is -2.25. The van der Waals surface area contributed by atoms with Crippen molar-refractivity contribution in [3.63, 3.8) is 0 Å². The van der Waals surface area contributed by atoms with Gasteiger partial charge in [0.05, 0.1) is 5.69 Å². The van der Waals surface area contributed by atoms with Gasteiger partial charge in [0.25, 0.3) is 5.91 Å². The number of rotatable bonds is 6. The second-order valence-electron chi connectivity index (χ2n) is 6.77. The van der Waals surface area contributed by atoms with E-state index in [2.05, 4.69) is 54.0 Å². The van der Waals surface area contributed by atoms with Crippen LogP contribution >= 0.6 is 11.3 Å². The van der Waals surface area contributed by atoms with Gasteiger partial charge in [0, 0.05) is 29.9 Å². The van der Waals surface area contributed by atoms with E-state index in [9.17, 15) is 4.79 Å². The first-order valence-electron chi connectivity index (χ1n) is 9.36. The van der Waals surface area contributed by atoms with E-state index in [0.717, 1.165) is 28.1 Å². The van der Waals surface area contributed by atoms with Crippen LogP contribution in [0.15, 0.2) is 84.5 Å². The molecule has 0 saturated heterocycles. The lowest BCUT2D eigenvalue weighted by molar-refractivity contribution is 0.0958. The average molecular weight is 387 g/mol. The van der Waals surface area contributed by atoms with Crippen molar-refractivity contribution in [2.24, 2.45) is 0 Å². The zero-order chi connectivity index (χ0) is 19.3. The molecule has 1 amide bonds. The fourth-order valence-corrected chi connectivity index (χ4v) is 4.23.